The summed E-state index contributed by atoms with van der Waals surface area (Å²) < 4.78 is 5.43. The van der Waals surface area contributed by atoms with Crippen molar-refractivity contribution in [2.24, 2.45) is 0 Å². The van der Waals surface area contributed by atoms with Gasteiger partial charge in [0.2, 0.25) is 0 Å². The van der Waals surface area contributed by atoms with E-state index in [-0.39, 0.29) is 6.04 Å². The molecule has 1 atom stereocenters. The Morgan fingerprint density at radius 1 is 1.19 bits per heavy atom. The summed E-state index contributed by atoms with van der Waals surface area (Å²) in [5.41, 5.74) is 3.33. The van der Waals surface area contributed by atoms with Crippen LogP contribution in [-0.4, -0.2) is 7.11 Å². The predicted octanol–water partition coefficient (Wildman–Crippen LogP) is 5.16. The Kier molecular flexibility index (Phi) is 5.51. The number of halogens is 2. The Morgan fingerprint density at radius 2 is 1.95 bits per heavy atom. The third-order valence-corrected chi connectivity index (χ3v) is 4.34. The van der Waals surface area contributed by atoms with Gasteiger partial charge in [-0.25, -0.2) is 0 Å². The minimum Gasteiger partial charge on any atom is -0.496 e. The number of ether oxygens (including phenoxy) is 1. The fourth-order valence-corrected chi connectivity index (χ4v) is 2.64. The zero-order chi connectivity index (χ0) is 15.4. The van der Waals surface area contributed by atoms with Crippen LogP contribution in [0.4, 0.5) is 0 Å². The van der Waals surface area contributed by atoms with Gasteiger partial charge < -0.3 is 10.1 Å². The van der Waals surface area contributed by atoms with Crippen molar-refractivity contribution in [3.63, 3.8) is 0 Å². The van der Waals surface area contributed by atoms with Gasteiger partial charge in [0.25, 0.3) is 0 Å². The average molecular weight is 324 g/mol. The molecular weight excluding hydrogens is 305 g/mol. The number of rotatable bonds is 5. The summed E-state index contributed by atoms with van der Waals surface area (Å²) in [5, 5.41) is 4.65. The number of methoxy groups -OCH3 is 1. The van der Waals surface area contributed by atoms with E-state index in [0.29, 0.717) is 16.6 Å². The SMILES string of the molecule is COc1ccc(C)cc1C(C)NCc1cccc(Cl)c1Cl. The van der Waals surface area contributed by atoms with E-state index >= 15 is 0 Å². The van der Waals surface area contributed by atoms with E-state index in [0.717, 1.165) is 16.9 Å². The van der Waals surface area contributed by atoms with Crippen LogP contribution >= 0.6 is 23.2 Å². The summed E-state index contributed by atoms with van der Waals surface area (Å²) in [4.78, 5) is 0. The highest BCUT2D eigenvalue weighted by Crippen LogP contribution is 2.28. The van der Waals surface area contributed by atoms with Crippen LogP contribution in [0.5, 0.6) is 5.75 Å². The monoisotopic (exact) mass is 323 g/mol. The molecule has 2 nitrogen and oxygen atoms in total. The molecule has 0 aliphatic rings. The number of aryl methyl sites for hydroxylation is 1. The molecule has 0 fully saturated rings. The molecule has 0 bridgehead atoms. The van der Waals surface area contributed by atoms with E-state index in [2.05, 4.69) is 25.2 Å². The van der Waals surface area contributed by atoms with Crippen molar-refractivity contribution < 1.29 is 4.74 Å². The van der Waals surface area contributed by atoms with Crippen LogP contribution in [0.3, 0.4) is 0 Å². The second kappa shape index (κ2) is 7.17. The molecule has 4 heteroatoms. The summed E-state index contributed by atoms with van der Waals surface area (Å²) in [6.45, 7) is 4.83. The average Bonchev–Trinajstić information content (AvgIpc) is 2.48. The molecule has 21 heavy (non-hydrogen) atoms. The summed E-state index contributed by atoms with van der Waals surface area (Å²) >= 11 is 12.2. The first kappa shape index (κ1) is 16.2. The number of nitrogens with one attached hydrogen (secondary N) is 1. The minimum absolute atomic E-state index is 0.148. The first-order valence-corrected chi connectivity index (χ1v) is 7.59. The lowest BCUT2D eigenvalue weighted by atomic mass is 10.0. The van der Waals surface area contributed by atoms with Crippen LogP contribution in [0.2, 0.25) is 10.0 Å². The first-order valence-electron chi connectivity index (χ1n) is 6.83. The second-order valence-electron chi connectivity index (χ2n) is 5.06. The summed E-state index contributed by atoms with van der Waals surface area (Å²) in [6.07, 6.45) is 0. The predicted molar refractivity (Wildman–Crippen MR) is 89.4 cm³/mol. The zero-order valence-corrected chi connectivity index (χ0v) is 13.9. The highest BCUT2D eigenvalue weighted by molar-refractivity contribution is 6.42. The molecule has 0 aliphatic carbocycles. The van der Waals surface area contributed by atoms with Crippen molar-refractivity contribution in [3.05, 3.63) is 63.1 Å². The molecule has 2 aromatic carbocycles. The fraction of sp³-hybridized carbons (Fsp3) is 0.294. The van der Waals surface area contributed by atoms with Gasteiger partial charge in [-0.1, -0.05) is 53.0 Å². The quantitative estimate of drug-likeness (QED) is 0.820. The van der Waals surface area contributed by atoms with Crippen molar-refractivity contribution in [3.8, 4) is 5.75 Å². The normalized spacial score (nSPS) is 12.2. The molecule has 0 radical (unpaired) electrons. The Morgan fingerprint density at radius 3 is 2.67 bits per heavy atom. The van der Waals surface area contributed by atoms with Crippen molar-refractivity contribution >= 4 is 23.2 Å². The lowest BCUT2D eigenvalue weighted by Gasteiger charge is -2.18. The lowest BCUT2D eigenvalue weighted by molar-refractivity contribution is 0.401. The molecule has 1 unspecified atom stereocenters. The van der Waals surface area contributed by atoms with Crippen LogP contribution in [0, 0.1) is 6.92 Å². The molecular formula is C17H19Cl2NO. The Balaban J connectivity index is 2.13. The van der Waals surface area contributed by atoms with Gasteiger partial charge >= 0.3 is 0 Å². The third kappa shape index (κ3) is 3.91. The smallest absolute Gasteiger partial charge is 0.123 e. The van der Waals surface area contributed by atoms with Gasteiger partial charge in [0, 0.05) is 18.2 Å². The van der Waals surface area contributed by atoms with E-state index in [9.17, 15) is 0 Å². The van der Waals surface area contributed by atoms with Gasteiger partial charge in [0.1, 0.15) is 5.75 Å². The molecule has 2 aromatic rings. The van der Waals surface area contributed by atoms with Gasteiger partial charge in [-0.3, -0.25) is 0 Å². The third-order valence-electron chi connectivity index (χ3n) is 3.48. The Bertz CT molecular complexity index is 628. The zero-order valence-electron chi connectivity index (χ0n) is 12.4. The van der Waals surface area contributed by atoms with Gasteiger partial charge in [-0.05, 0) is 31.5 Å². The molecule has 0 saturated heterocycles. The number of hydrogen-bond acceptors (Lipinski definition) is 2. The lowest BCUT2D eigenvalue weighted by Crippen LogP contribution is -2.19. The highest BCUT2D eigenvalue weighted by atomic mass is 35.5. The van der Waals surface area contributed by atoms with Crippen molar-refractivity contribution in [1.82, 2.24) is 5.32 Å². The molecule has 2 rings (SSSR count). The second-order valence-corrected chi connectivity index (χ2v) is 5.85. The molecule has 0 saturated carbocycles. The Hall–Kier alpha value is -1.22. The molecule has 112 valence electrons. The minimum atomic E-state index is 0.148. The summed E-state index contributed by atoms with van der Waals surface area (Å²) in [7, 11) is 1.69. The highest BCUT2D eigenvalue weighted by Gasteiger charge is 2.12. The van der Waals surface area contributed by atoms with Crippen molar-refractivity contribution in [2.45, 2.75) is 26.4 Å². The largest absolute Gasteiger partial charge is 0.496 e. The number of hydrogen-bond donors (Lipinski definition) is 1. The summed E-state index contributed by atoms with van der Waals surface area (Å²) in [5.74, 6) is 0.887. The van der Waals surface area contributed by atoms with E-state index in [1.807, 2.05) is 24.3 Å². The van der Waals surface area contributed by atoms with Crippen LogP contribution in [0.15, 0.2) is 36.4 Å². The van der Waals surface area contributed by atoms with Crippen LogP contribution in [-0.2, 0) is 6.54 Å². The molecule has 0 spiro atoms. The van der Waals surface area contributed by atoms with Gasteiger partial charge in [0.05, 0.1) is 17.2 Å². The Labute approximate surface area is 136 Å². The maximum absolute atomic E-state index is 6.21. The maximum atomic E-state index is 6.21. The summed E-state index contributed by atoms with van der Waals surface area (Å²) in [6, 6.07) is 12.0. The van der Waals surface area contributed by atoms with Crippen molar-refractivity contribution in [1.29, 1.82) is 0 Å². The van der Waals surface area contributed by atoms with Gasteiger partial charge in [-0.15, -0.1) is 0 Å². The fourth-order valence-electron chi connectivity index (χ4n) is 2.25. The topological polar surface area (TPSA) is 21.3 Å². The molecule has 0 aromatic heterocycles. The molecule has 0 aliphatic heterocycles. The van der Waals surface area contributed by atoms with Crippen LogP contribution < -0.4 is 10.1 Å². The maximum Gasteiger partial charge on any atom is 0.123 e. The van der Waals surface area contributed by atoms with Gasteiger partial charge in [-0.2, -0.15) is 0 Å². The van der Waals surface area contributed by atoms with Crippen LogP contribution in [0.1, 0.15) is 29.7 Å². The first-order chi connectivity index (χ1) is 10.0. The standard InChI is InChI=1S/C17H19Cl2NO/c1-11-7-8-16(21-3)14(9-11)12(2)20-10-13-5-4-6-15(18)17(13)19/h4-9,12,20H,10H2,1-3H3. The van der Waals surface area contributed by atoms with E-state index in [1.54, 1.807) is 13.2 Å². The van der Waals surface area contributed by atoms with Crippen LogP contribution in [0.25, 0.3) is 0 Å². The van der Waals surface area contributed by atoms with Crippen molar-refractivity contribution in [2.75, 3.05) is 7.11 Å². The van der Waals surface area contributed by atoms with E-state index < -0.39 is 0 Å². The van der Waals surface area contributed by atoms with E-state index in [1.165, 1.54) is 5.56 Å². The van der Waals surface area contributed by atoms with Gasteiger partial charge in [0.15, 0.2) is 0 Å². The number of benzene rings is 2. The molecule has 1 N–H and O–H groups in total. The molecule has 0 heterocycles. The molecule has 0 amide bonds. The van der Waals surface area contributed by atoms with E-state index in [4.69, 9.17) is 27.9 Å².